The minimum Gasteiger partial charge on any atom is -0.497 e. The van der Waals surface area contributed by atoms with Crippen LogP contribution in [0.4, 0.5) is 10.1 Å². The van der Waals surface area contributed by atoms with Gasteiger partial charge < -0.3 is 14.5 Å². The summed E-state index contributed by atoms with van der Waals surface area (Å²) in [6.45, 7) is 2.98. The highest BCUT2D eigenvalue weighted by Gasteiger charge is 2.23. The van der Waals surface area contributed by atoms with Gasteiger partial charge in [0.15, 0.2) is 0 Å². The van der Waals surface area contributed by atoms with E-state index in [0.717, 1.165) is 39.8 Å². The van der Waals surface area contributed by atoms with Crippen LogP contribution < -0.4 is 9.64 Å². The van der Waals surface area contributed by atoms with E-state index in [4.69, 9.17) is 4.74 Å². The number of ether oxygens (including phenoxy) is 1. The first-order valence-electron chi connectivity index (χ1n) is 9.18. The Hall–Kier alpha value is -2.86. The predicted octanol–water partition coefficient (Wildman–Crippen LogP) is 4.53. The molecule has 0 N–H and O–H groups in total. The van der Waals surface area contributed by atoms with E-state index in [1.54, 1.807) is 19.2 Å². The Morgan fingerprint density at radius 2 is 1.61 bits per heavy atom. The number of thiophene rings is 1. The quantitative estimate of drug-likeness (QED) is 0.650. The fourth-order valence-corrected chi connectivity index (χ4v) is 4.32. The van der Waals surface area contributed by atoms with E-state index in [2.05, 4.69) is 4.90 Å². The Labute approximate surface area is 167 Å². The molecule has 0 aliphatic carbocycles. The number of amides is 1. The second-order valence-electron chi connectivity index (χ2n) is 6.65. The molecule has 2 heterocycles. The molecule has 1 aliphatic heterocycles. The summed E-state index contributed by atoms with van der Waals surface area (Å²) in [6, 6.07) is 18.1. The van der Waals surface area contributed by atoms with Gasteiger partial charge in [0.05, 0.1) is 12.0 Å². The number of piperazine rings is 1. The van der Waals surface area contributed by atoms with E-state index in [1.165, 1.54) is 23.5 Å². The van der Waals surface area contributed by atoms with E-state index >= 15 is 0 Å². The van der Waals surface area contributed by atoms with Crippen LogP contribution in [0.1, 0.15) is 9.67 Å². The van der Waals surface area contributed by atoms with Gasteiger partial charge in [-0.05, 0) is 54.1 Å². The standard InChI is InChI=1S/C22H21FN2O2S/c1-27-19-8-6-18(7-9-19)24-12-14-25(15-13-24)22(26)21-11-10-20(28-21)16-2-4-17(23)5-3-16/h2-11H,12-15H2,1H3. The van der Waals surface area contributed by atoms with Crippen LogP contribution in [0.25, 0.3) is 10.4 Å². The van der Waals surface area contributed by atoms with Crippen LogP contribution in [0.15, 0.2) is 60.7 Å². The maximum Gasteiger partial charge on any atom is 0.264 e. The largest absolute Gasteiger partial charge is 0.497 e. The van der Waals surface area contributed by atoms with Crippen molar-refractivity contribution >= 4 is 22.9 Å². The summed E-state index contributed by atoms with van der Waals surface area (Å²) in [5.74, 6) is 0.645. The Bertz CT molecular complexity index is 945. The third kappa shape index (κ3) is 3.87. The van der Waals surface area contributed by atoms with Gasteiger partial charge in [-0.1, -0.05) is 12.1 Å². The maximum absolute atomic E-state index is 13.1. The summed E-state index contributed by atoms with van der Waals surface area (Å²) in [4.78, 5) is 18.7. The first kappa shape index (κ1) is 18.5. The highest BCUT2D eigenvalue weighted by Crippen LogP contribution is 2.29. The zero-order valence-corrected chi connectivity index (χ0v) is 16.4. The lowest BCUT2D eigenvalue weighted by Gasteiger charge is -2.36. The smallest absolute Gasteiger partial charge is 0.264 e. The maximum atomic E-state index is 13.1. The Morgan fingerprint density at radius 3 is 2.25 bits per heavy atom. The molecule has 1 aliphatic rings. The summed E-state index contributed by atoms with van der Waals surface area (Å²) in [6.07, 6.45) is 0. The number of nitrogens with zero attached hydrogens (tertiary/aromatic N) is 2. The molecule has 1 amide bonds. The van der Waals surface area contributed by atoms with E-state index in [1.807, 2.05) is 41.3 Å². The molecule has 0 radical (unpaired) electrons. The average molecular weight is 396 g/mol. The zero-order chi connectivity index (χ0) is 19.5. The molecule has 144 valence electrons. The Kier molecular flexibility index (Phi) is 5.30. The molecule has 0 saturated carbocycles. The number of hydrogen-bond donors (Lipinski definition) is 0. The molecule has 3 aromatic rings. The van der Waals surface area contributed by atoms with Crippen molar-refractivity contribution in [3.05, 3.63) is 71.4 Å². The summed E-state index contributed by atoms with van der Waals surface area (Å²) in [5, 5.41) is 0. The zero-order valence-electron chi connectivity index (χ0n) is 15.6. The highest BCUT2D eigenvalue weighted by atomic mass is 32.1. The molecular formula is C22H21FN2O2S. The van der Waals surface area contributed by atoms with Gasteiger partial charge in [-0.2, -0.15) is 0 Å². The fourth-order valence-electron chi connectivity index (χ4n) is 3.34. The molecule has 0 atom stereocenters. The van der Waals surface area contributed by atoms with Crippen LogP contribution in [-0.4, -0.2) is 44.1 Å². The number of methoxy groups -OCH3 is 1. The number of carbonyl (C=O) groups is 1. The number of anilines is 1. The van der Waals surface area contributed by atoms with E-state index in [-0.39, 0.29) is 11.7 Å². The SMILES string of the molecule is COc1ccc(N2CCN(C(=O)c3ccc(-c4ccc(F)cc4)s3)CC2)cc1. The molecule has 28 heavy (non-hydrogen) atoms. The molecule has 4 rings (SSSR count). The summed E-state index contributed by atoms with van der Waals surface area (Å²) in [7, 11) is 1.66. The van der Waals surface area contributed by atoms with E-state index in [9.17, 15) is 9.18 Å². The molecule has 0 unspecified atom stereocenters. The van der Waals surface area contributed by atoms with Crippen LogP contribution in [0.5, 0.6) is 5.75 Å². The second kappa shape index (κ2) is 8.02. The van der Waals surface area contributed by atoms with Crippen molar-refractivity contribution in [2.75, 3.05) is 38.2 Å². The number of hydrogen-bond acceptors (Lipinski definition) is 4. The second-order valence-corrected chi connectivity index (χ2v) is 7.73. The number of rotatable bonds is 4. The highest BCUT2D eigenvalue weighted by molar-refractivity contribution is 7.17. The van der Waals surface area contributed by atoms with Crippen LogP contribution >= 0.6 is 11.3 Å². The average Bonchev–Trinajstić information content (AvgIpc) is 3.24. The normalized spacial score (nSPS) is 14.2. The van der Waals surface area contributed by atoms with Gasteiger partial charge in [0.1, 0.15) is 11.6 Å². The molecule has 4 nitrogen and oxygen atoms in total. The number of halogens is 1. The van der Waals surface area contributed by atoms with Gasteiger partial charge in [-0.25, -0.2) is 4.39 Å². The lowest BCUT2D eigenvalue weighted by atomic mass is 10.2. The van der Waals surface area contributed by atoms with Crippen LogP contribution in [0.2, 0.25) is 0 Å². The molecular weight excluding hydrogens is 375 g/mol. The monoisotopic (exact) mass is 396 g/mol. The Balaban J connectivity index is 1.39. The van der Waals surface area contributed by atoms with Gasteiger partial charge in [-0.3, -0.25) is 4.79 Å². The van der Waals surface area contributed by atoms with Crippen molar-refractivity contribution < 1.29 is 13.9 Å². The van der Waals surface area contributed by atoms with Gasteiger partial charge in [0, 0.05) is 36.7 Å². The predicted molar refractivity (Wildman–Crippen MR) is 111 cm³/mol. The summed E-state index contributed by atoms with van der Waals surface area (Å²) < 4.78 is 18.3. The van der Waals surface area contributed by atoms with E-state index in [0.29, 0.717) is 13.1 Å². The molecule has 1 fully saturated rings. The fraction of sp³-hybridized carbons (Fsp3) is 0.227. The summed E-state index contributed by atoms with van der Waals surface area (Å²) in [5.41, 5.74) is 2.07. The Morgan fingerprint density at radius 1 is 0.929 bits per heavy atom. The molecule has 1 saturated heterocycles. The van der Waals surface area contributed by atoms with Crippen molar-refractivity contribution in [2.45, 2.75) is 0 Å². The number of carbonyl (C=O) groups excluding carboxylic acids is 1. The van der Waals surface area contributed by atoms with Gasteiger partial charge in [0.25, 0.3) is 5.91 Å². The molecule has 0 spiro atoms. The molecule has 1 aromatic heterocycles. The third-order valence-corrected chi connectivity index (χ3v) is 6.07. The van der Waals surface area contributed by atoms with Crippen LogP contribution in [0.3, 0.4) is 0 Å². The van der Waals surface area contributed by atoms with Gasteiger partial charge in [0.2, 0.25) is 0 Å². The van der Waals surface area contributed by atoms with Crippen LogP contribution in [-0.2, 0) is 0 Å². The minimum atomic E-state index is -0.258. The summed E-state index contributed by atoms with van der Waals surface area (Å²) >= 11 is 1.45. The van der Waals surface area contributed by atoms with Crippen molar-refractivity contribution in [2.24, 2.45) is 0 Å². The first-order valence-corrected chi connectivity index (χ1v) is 10.00. The molecule has 2 aromatic carbocycles. The van der Waals surface area contributed by atoms with Crippen molar-refractivity contribution in [3.63, 3.8) is 0 Å². The topological polar surface area (TPSA) is 32.8 Å². The van der Waals surface area contributed by atoms with Crippen molar-refractivity contribution in [3.8, 4) is 16.2 Å². The van der Waals surface area contributed by atoms with Crippen molar-refractivity contribution in [1.82, 2.24) is 4.90 Å². The molecule has 0 bridgehead atoms. The molecule has 6 heteroatoms. The van der Waals surface area contributed by atoms with Gasteiger partial charge in [-0.15, -0.1) is 11.3 Å². The lowest BCUT2D eigenvalue weighted by Crippen LogP contribution is -2.48. The van der Waals surface area contributed by atoms with Crippen molar-refractivity contribution in [1.29, 1.82) is 0 Å². The van der Waals surface area contributed by atoms with Crippen LogP contribution in [0, 0.1) is 5.82 Å². The van der Waals surface area contributed by atoms with Gasteiger partial charge >= 0.3 is 0 Å². The first-order chi connectivity index (χ1) is 13.6. The van der Waals surface area contributed by atoms with E-state index < -0.39 is 0 Å². The number of benzene rings is 2. The third-order valence-electron chi connectivity index (χ3n) is 4.95. The minimum absolute atomic E-state index is 0.0627. The lowest BCUT2D eigenvalue weighted by molar-refractivity contribution is 0.0751.